The van der Waals surface area contributed by atoms with Gasteiger partial charge in [0.15, 0.2) is 0 Å². The molecule has 2 saturated carbocycles. The highest BCUT2D eigenvalue weighted by Crippen LogP contribution is 2.58. The van der Waals surface area contributed by atoms with Crippen molar-refractivity contribution < 1.29 is 9.18 Å². The van der Waals surface area contributed by atoms with Crippen molar-refractivity contribution in [1.29, 1.82) is 5.26 Å². The molecule has 5 heteroatoms. The van der Waals surface area contributed by atoms with Crippen LogP contribution in [0.25, 0.3) is 22.0 Å². The topological polar surface area (TPSA) is 57.8 Å². The van der Waals surface area contributed by atoms with Gasteiger partial charge in [-0.1, -0.05) is 43.3 Å². The molecular formula is C31H28FN3O. The van der Waals surface area contributed by atoms with Crippen LogP contribution in [0.5, 0.6) is 0 Å². The summed E-state index contributed by atoms with van der Waals surface area (Å²) in [4.78, 5) is 13.2. The lowest BCUT2D eigenvalue weighted by atomic mass is 9.50. The maximum absolute atomic E-state index is 14.6. The number of hydrogen-bond donors (Lipinski definition) is 1. The van der Waals surface area contributed by atoms with Crippen molar-refractivity contribution in [2.75, 3.05) is 0 Å². The number of nitriles is 1. The molecule has 0 bridgehead atoms. The Morgan fingerprint density at radius 2 is 1.83 bits per heavy atom. The number of carbonyl (C=O) groups excluding carboxylic acids is 1. The third kappa shape index (κ3) is 3.97. The van der Waals surface area contributed by atoms with Crippen molar-refractivity contribution >= 4 is 16.8 Å². The van der Waals surface area contributed by atoms with Crippen LogP contribution < -0.4 is 5.32 Å². The predicted molar refractivity (Wildman–Crippen MR) is 139 cm³/mol. The number of rotatable bonds is 5. The minimum atomic E-state index is -0.320. The molecule has 2 aliphatic rings. The first-order valence-electron chi connectivity index (χ1n) is 12.6. The summed E-state index contributed by atoms with van der Waals surface area (Å²) >= 11 is 0. The van der Waals surface area contributed by atoms with Crippen molar-refractivity contribution in [3.05, 3.63) is 95.4 Å². The zero-order valence-corrected chi connectivity index (χ0v) is 20.3. The van der Waals surface area contributed by atoms with E-state index in [1.165, 1.54) is 18.9 Å². The molecule has 1 amide bonds. The zero-order valence-electron chi connectivity index (χ0n) is 20.3. The molecule has 6 rings (SSSR count). The highest BCUT2D eigenvalue weighted by Gasteiger charge is 2.51. The van der Waals surface area contributed by atoms with Gasteiger partial charge in [-0.15, -0.1) is 0 Å². The molecular weight excluding hydrogens is 449 g/mol. The first-order chi connectivity index (χ1) is 17.4. The Hall–Kier alpha value is -3.91. The molecule has 36 heavy (non-hydrogen) atoms. The first-order valence-corrected chi connectivity index (χ1v) is 12.6. The van der Waals surface area contributed by atoms with Crippen molar-refractivity contribution in [1.82, 2.24) is 9.88 Å². The molecule has 4 nitrogen and oxygen atoms in total. The normalized spacial score (nSPS) is 22.6. The fourth-order valence-electron chi connectivity index (χ4n) is 6.48. The fourth-order valence-corrected chi connectivity index (χ4v) is 6.48. The molecule has 0 aliphatic heterocycles. The molecule has 0 saturated heterocycles. The van der Waals surface area contributed by atoms with Crippen LogP contribution in [0, 0.1) is 28.5 Å². The van der Waals surface area contributed by atoms with E-state index in [0.29, 0.717) is 34.0 Å². The summed E-state index contributed by atoms with van der Waals surface area (Å²) in [6.45, 7) is 2.82. The molecule has 0 unspecified atom stereocenters. The number of hydrogen-bond acceptors (Lipinski definition) is 2. The Kier molecular flexibility index (Phi) is 5.41. The molecule has 2 fully saturated rings. The summed E-state index contributed by atoms with van der Waals surface area (Å²) in [6.07, 6.45) is 6.50. The van der Waals surface area contributed by atoms with Gasteiger partial charge in [0.2, 0.25) is 0 Å². The number of halogens is 1. The van der Waals surface area contributed by atoms with E-state index in [-0.39, 0.29) is 17.8 Å². The number of nitrogens with zero attached hydrogens (tertiary/aromatic N) is 2. The van der Waals surface area contributed by atoms with Gasteiger partial charge in [-0.25, -0.2) is 4.39 Å². The van der Waals surface area contributed by atoms with E-state index in [9.17, 15) is 9.18 Å². The minimum absolute atomic E-state index is 0.125. The Morgan fingerprint density at radius 3 is 2.56 bits per heavy atom. The van der Waals surface area contributed by atoms with Crippen LogP contribution in [-0.4, -0.2) is 16.5 Å². The fraction of sp³-hybridized carbons (Fsp3) is 0.290. The average Bonchev–Trinajstić information content (AvgIpc) is 3.27. The SMILES string of the molecule is CC1CC2(C1)CC(NC(=O)c1ccc(F)c3ccn(Cc4ccc(-c5cccc(C#N)c5)cc4)c13)C2. The second-order valence-corrected chi connectivity index (χ2v) is 10.8. The number of carbonyl (C=O) groups is 1. The molecule has 3 aromatic carbocycles. The van der Waals surface area contributed by atoms with Gasteiger partial charge in [-0.3, -0.25) is 4.79 Å². The first kappa shape index (κ1) is 22.5. The van der Waals surface area contributed by atoms with Crippen molar-refractivity contribution in [2.24, 2.45) is 11.3 Å². The number of aromatic nitrogens is 1. The molecule has 1 heterocycles. The highest BCUT2D eigenvalue weighted by molar-refractivity contribution is 6.06. The van der Waals surface area contributed by atoms with Crippen LogP contribution in [0.15, 0.2) is 72.9 Å². The summed E-state index contributed by atoms with van der Waals surface area (Å²) < 4.78 is 16.6. The van der Waals surface area contributed by atoms with Gasteiger partial charge in [0.05, 0.1) is 22.7 Å². The largest absolute Gasteiger partial charge is 0.349 e. The van der Waals surface area contributed by atoms with Crippen LogP contribution in [0.4, 0.5) is 4.39 Å². The van der Waals surface area contributed by atoms with Gasteiger partial charge in [-0.05, 0) is 84.0 Å². The predicted octanol–water partition coefficient (Wildman–Crippen LogP) is 6.68. The summed E-state index contributed by atoms with van der Waals surface area (Å²) in [6, 6.07) is 22.8. The lowest BCUT2D eigenvalue weighted by molar-refractivity contribution is -0.0399. The van der Waals surface area contributed by atoms with E-state index in [1.54, 1.807) is 18.2 Å². The number of benzene rings is 3. The lowest BCUT2D eigenvalue weighted by Crippen LogP contribution is -2.55. The smallest absolute Gasteiger partial charge is 0.253 e. The van der Waals surface area contributed by atoms with Gasteiger partial charge in [0.25, 0.3) is 5.91 Å². The van der Waals surface area contributed by atoms with Gasteiger partial charge in [-0.2, -0.15) is 5.26 Å². The van der Waals surface area contributed by atoms with E-state index in [4.69, 9.17) is 5.26 Å². The van der Waals surface area contributed by atoms with E-state index in [0.717, 1.165) is 35.4 Å². The molecule has 4 aromatic rings. The third-order valence-corrected chi connectivity index (χ3v) is 8.01. The van der Waals surface area contributed by atoms with Crippen LogP contribution in [0.2, 0.25) is 0 Å². The van der Waals surface area contributed by atoms with Crippen LogP contribution in [0.3, 0.4) is 0 Å². The molecule has 1 spiro atoms. The van der Waals surface area contributed by atoms with E-state index < -0.39 is 0 Å². The second kappa shape index (κ2) is 8.64. The maximum atomic E-state index is 14.6. The number of nitrogens with one attached hydrogen (secondary N) is 1. The number of amides is 1. The molecule has 2 aliphatic carbocycles. The monoisotopic (exact) mass is 477 g/mol. The number of fused-ring (bicyclic) bond motifs is 1. The average molecular weight is 478 g/mol. The molecule has 0 atom stereocenters. The van der Waals surface area contributed by atoms with Crippen molar-refractivity contribution in [2.45, 2.75) is 45.2 Å². The van der Waals surface area contributed by atoms with Crippen LogP contribution >= 0.6 is 0 Å². The van der Waals surface area contributed by atoms with E-state index in [1.807, 2.05) is 53.2 Å². The van der Waals surface area contributed by atoms with E-state index in [2.05, 4.69) is 18.3 Å². The second-order valence-electron chi connectivity index (χ2n) is 10.8. The third-order valence-electron chi connectivity index (χ3n) is 8.01. The molecule has 0 radical (unpaired) electrons. The Bertz CT molecular complexity index is 1500. The van der Waals surface area contributed by atoms with Gasteiger partial charge < -0.3 is 9.88 Å². The van der Waals surface area contributed by atoms with Crippen LogP contribution in [-0.2, 0) is 6.54 Å². The minimum Gasteiger partial charge on any atom is -0.349 e. The summed E-state index contributed by atoms with van der Waals surface area (Å²) in [7, 11) is 0. The zero-order chi connectivity index (χ0) is 24.9. The maximum Gasteiger partial charge on any atom is 0.253 e. The summed E-state index contributed by atoms with van der Waals surface area (Å²) in [5.41, 5.74) is 5.29. The summed E-state index contributed by atoms with van der Waals surface area (Å²) in [5.74, 6) is 0.359. The summed E-state index contributed by atoms with van der Waals surface area (Å²) in [5, 5.41) is 12.8. The van der Waals surface area contributed by atoms with Crippen molar-refractivity contribution in [3.63, 3.8) is 0 Å². The van der Waals surface area contributed by atoms with Crippen LogP contribution in [0.1, 0.15) is 54.1 Å². The standard InChI is InChI=1S/C31H28FN3O/c1-20-14-31(15-20)16-25(17-31)34-30(36)27-9-10-28(32)26-11-12-35(29(26)27)19-21-5-7-23(8-6-21)24-4-2-3-22(13-24)18-33/h2-13,20,25H,14-17,19H2,1H3,(H,34,36). The Labute approximate surface area is 210 Å². The van der Waals surface area contributed by atoms with Crippen molar-refractivity contribution in [3.8, 4) is 17.2 Å². The lowest BCUT2D eigenvalue weighted by Gasteiger charge is -2.57. The van der Waals surface area contributed by atoms with Gasteiger partial charge in [0.1, 0.15) is 5.82 Å². The molecule has 1 aromatic heterocycles. The van der Waals surface area contributed by atoms with Gasteiger partial charge >= 0.3 is 0 Å². The molecule has 1 N–H and O–H groups in total. The molecule has 180 valence electrons. The Morgan fingerprint density at radius 1 is 1.06 bits per heavy atom. The van der Waals surface area contributed by atoms with Gasteiger partial charge in [0, 0.05) is 24.2 Å². The highest BCUT2D eigenvalue weighted by atomic mass is 19.1. The quantitative estimate of drug-likeness (QED) is 0.349. The van der Waals surface area contributed by atoms with E-state index >= 15 is 0 Å². The Balaban J connectivity index is 1.23.